The van der Waals surface area contributed by atoms with Gasteiger partial charge < -0.3 is 9.80 Å². The Kier molecular flexibility index (Phi) is 6.21. The molecule has 0 unspecified atom stereocenters. The molecule has 8 heteroatoms. The van der Waals surface area contributed by atoms with Crippen molar-refractivity contribution in [2.45, 2.75) is 58.7 Å². The standard InChI is InChI=1S/C24H29FN6O/c1-5-20-24(32)29(4)21-13-26-22(28-23(21)31(20)16(2)3)11-8-18-12-27-30(15-18)14-17-6-9-19(25)10-7-17/h6-7,9-10,12-13,15-16,20H,5,8,11,14H2,1-4H3/t20-/m1/s1. The average Bonchev–Trinajstić information content (AvgIpc) is 3.23. The normalized spacial score (nSPS) is 16.1. The van der Waals surface area contributed by atoms with Gasteiger partial charge in [-0.15, -0.1) is 0 Å². The van der Waals surface area contributed by atoms with E-state index in [1.807, 2.05) is 24.0 Å². The summed E-state index contributed by atoms with van der Waals surface area (Å²) >= 11 is 0. The van der Waals surface area contributed by atoms with Crippen molar-refractivity contribution in [3.63, 3.8) is 0 Å². The Bertz CT molecular complexity index is 1090. The monoisotopic (exact) mass is 436 g/mol. The third kappa shape index (κ3) is 4.35. The van der Waals surface area contributed by atoms with Crippen molar-refractivity contribution in [1.82, 2.24) is 19.7 Å². The van der Waals surface area contributed by atoms with E-state index in [0.717, 1.165) is 41.3 Å². The minimum absolute atomic E-state index is 0.0821. The molecule has 7 nitrogen and oxygen atoms in total. The van der Waals surface area contributed by atoms with Crippen LogP contribution in [0.15, 0.2) is 42.9 Å². The van der Waals surface area contributed by atoms with Gasteiger partial charge in [0.25, 0.3) is 0 Å². The van der Waals surface area contributed by atoms with Crippen molar-refractivity contribution in [2.75, 3.05) is 16.8 Å². The fourth-order valence-corrected chi connectivity index (χ4v) is 4.19. The van der Waals surface area contributed by atoms with Gasteiger partial charge in [-0.3, -0.25) is 9.48 Å². The fraction of sp³-hybridized carbons (Fsp3) is 0.417. The van der Waals surface area contributed by atoms with Crippen LogP contribution < -0.4 is 9.80 Å². The maximum Gasteiger partial charge on any atom is 0.249 e. The molecular formula is C24H29FN6O. The van der Waals surface area contributed by atoms with Crippen LogP contribution >= 0.6 is 0 Å². The molecule has 0 aliphatic carbocycles. The van der Waals surface area contributed by atoms with Crippen molar-refractivity contribution in [3.8, 4) is 0 Å². The number of amides is 1. The number of aryl methyl sites for hydroxylation is 2. The second-order valence-corrected chi connectivity index (χ2v) is 8.49. The first-order valence-electron chi connectivity index (χ1n) is 11.0. The van der Waals surface area contributed by atoms with Gasteiger partial charge in [-0.05, 0) is 49.9 Å². The maximum atomic E-state index is 13.1. The van der Waals surface area contributed by atoms with Crippen LogP contribution in [-0.4, -0.2) is 44.8 Å². The van der Waals surface area contributed by atoms with Crippen molar-refractivity contribution in [3.05, 3.63) is 65.6 Å². The summed E-state index contributed by atoms with van der Waals surface area (Å²) in [7, 11) is 1.79. The third-order valence-electron chi connectivity index (χ3n) is 5.88. The molecule has 4 rings (SSSR count). The van der Waals surface area contributed by atoms with Crippen molar-refractivity contribution >= 4 is 17.4 Å². The quantitative estimate of drug-likeness (QED) is 0.566. The van der Waals surface area contributed by atoms with Crippen molar-refractivity contribution in [2.24, 2.45) is 0 Å². The van der Waals surface area contributed by atoms with Gasteiger partial charge in [0.2, 0.25) is 5.91 Å². The van der Waals surface area contributed by atoms with Gasteiger partial charge in [-0.25, -0.2) is 14.4 Å². The first-order chi connectivity index (χ1) is 15.4. The summed E-state index contributed by atoms with van der Waals surface area (Å²) in [5.74, 6) is 1.42. The average molecular weight is 437 g/mol. The minimum atomic E-state index is -0.239. The lowest BCUT2D eigenvalue weighted by Gasteiger charge is -2.42. The van der Waals surface area contributed by atoms with E-state index < -0.39 is 0 Å². The highest BCUT2D eigenvalue weighted by molar-refractivity contribution is 6.04. The summed E-state index contributed by atoms with van der Waals surface area (Å²) in [6.45, 7) is 6.80. The second kappa shape index (κ2) is 9.06. The summed E-state index contributed by atoms with van der Waals surface area (Å²) in [4.78, 5) is 25.9. The van der Waals surface area contributed by atoms with E-state index in [4.69, 9.17) is 4.98 Å². The van der Waals surface area contributed by atoms with Crippen LogP contribution in [0.1, 0.15) is 44.1 Å². The zero-order valence-corrected chi connectivity index (χ0v) is 19.0. The maximum absolute atomic E-state index is 13.1. The summed E-state index contributed by atoms with van der Waals surface area (Å²) in [5.41, 5.74) is 2.84. The Morgan fingerprint density at radius 2 is 1.84 bits per heavy atom. The molecule has 1 aliphatic heterocycles. The molecule has 0 saturated carbocycles. The minimum Gasteiger partial charge on any atom is -0.340 e. The van der Waals surface area contributed by atoms with Crippen LogP contribution in [-0.2, 0) is 24.2 Å². The van der Waals surface area contributed by atoms with Gasteiger partial charge in [-0.1, -0.05) is 19.1 Å². The molecule has 1 aliphatic rings. The molecule has 0 spiro atoms. The molecule has 1 amide bonds. The Balaban J connectivity index is 1.48. The predicted octanol–water partition coefficient (Wildman–Crippen LogP) is 3.62. The smallest absolute Gasteiger partial charge is 0.249 e. The van der Waals surface area contributed by atoms with E-state index in [1.54, 1.807) is 30.3 Å². The van der Waals surface area contributed by atoms with E-state index in [9.17, 15) is 9.18 Å². The number of likely N-dealkylation sites (N-methyl/N-ethyl adjacent to an activating group) is 1. The Hall–Kier alpha value is -3.29. The third-order valence-corrected chi connectivity index (χ3v) is 5.88. The van der Waals surface area contributed by atoms with E-state index in [1.165, 1.54) is 12.1 Å². The number of aromatic nitrogens is 4. The lowest BCUT2D eigenvalue weighted by Crippen LogP contribution is -2.55. The lowest BCUT2D eigenvalue weighted by atomic mass is 10.1. The number of anilines is 2. The fourth-order valence-electron chi connectivity index (χ4n) is 4.19. The molecule has 32 heavy (non-hydrogen) atoms. The molecule has 0 saturated heterocycles. The topological polar surface area (TPSA) is 67.2 Å². The Labute approximate surface area is 187 Å². The molecule has 2 aromatic heterocycles. The summed E-state index contributed by atoms with van der Waals surface area (Å²) in [5, 5.41) is 4.42. The van der Waals surface area contributed by atoms with Crippen LogP contribution in [0.3, 0.4) is 0 Å². The molecule has 0 radical (unpaired) electrons. The zero-order valence-electron chi connectivity index (χ0n) is 19.0. The van der Waals surface area contributed by atoms with Crippen LogP contribution in [0, 0.1) is 5.82 Å². The lowest BCUT2D eigenvalue weighted by molar-refractivity contribution is -0.120. The number of hydrogen-bond acceptors (Lipinski definition) is 5. The molecule has 3 heterocycles. The highest BCUT2D eigenvalue weighted by atomic mass is 19.1. The molecular weight excluding hydrogens is 407 g/mol. The zero-order chi connectivity index (χ0) is 22.8. The summed E-state index contributed by atoms with van der Waals surface area (Å²) in [6.07, 6.45) is 7.78. The Morgan fingerprint density at radius 3 is 2.53 bits per heavy atom. The number of carbonyl (C=O) groups is 1. The molecule has 1 atom stereocenters. The highest BCUT2D eigenvalue weighted by Gasteiger charge is 2.38. The predicted molar refractivity (Wildman–Crippen MR) is 122 cm³/mol. The first kappa shape index (κ1) is 21.9. The van der Waals surface area contributed by atoms with E-state index in [-0.39, 0.29) is 23.8 Å². The van der Waals surface area contributed by atoms with Crippen molar-refractivity contribution < 1.29 is 9.18 Å². The van der Waals surface area contributed by atoms with Gasteiger partial charge in [0.05, 0.1) is 18.9 Å². The number of carbonyl (C=O) groups excluding carboxylic acids is 1. The summed E-state index contributed by atoms with van der Waals surface area (Å²) < 4.78 is 14.9. The second-order valence-electron chi connectivity index (χ2n) is 8.49. The van der Waals surface area contributed by atoms with Gasteiger partial charge in [-0.2, -0.15) is 5.10 Å². The largest absolute Gasteiger partial charge is 0.340 e. The van der Waals surface area contributed by atoms with Crippen LogP contribution in [0.5, 0.6) is 0 Å². The molecule has 0 N–H and O–H groups in total. The highest BCUT2D eigenvalue weighted by Crippen LogP contribution is 2.35. The van der Waals surface area contributed by atoms with Gasteiger partial charge >= 0.3 is 0 Å². The van der Waals surface area contributed by atoms with Gasteiger partial charge in [0, 0.05) is 25.7 Å². The molecule has 168 valence electrons. The van der Waals surface area contributed by atoms with Crippen LogP contribution in [0.25, 0.3) is 0 Å². The first-order valence-corrected chi connectivity index (χ1v) is 11.0. The van der Waals surface area contributed by atoms with Crippen molar-refractivity contribution in [1.29, 1.82) is 0 Å². The molecule has 0 fully saturated rings. The number of halogens is 1. The number of benzene rings is 1. The number of hydrogen-bond donors (Lipinski definition) is 0. The number of fused-ring (bicyclic) bond motifs is 1. The van der Waals surface area contributed by atoms with E-state index in [2.05, 4.69) is 28.8 Å². The molecule has 0 bridgehead atoms. The summed E-state index contributed by atoms with van der Waals surface area (Å²) in [6, 6.07) is 6.40. The molecule has 1 aromatic carbocycles. The van der Waals surface area contributed by atoms with Gasteiger partial charge in [0.1, 0.15) is 23.4 Å². The van der Waals surface area contributed by atoms with Gasteiger partial charge in [0.15, 0.2) is 5.82 Å². The number of rotatable bonds is 7. The van der Waals surface area contributed by atoms with Crippen LogP contribution in [0.2, 0.25) is 0 Å². The van der Waals surface area contributed by atoms with Crippen LogP contribution in [0.4, 0.5) is 15.9 Å². The number of nitrogens with zero attached hydrogens (tertiary/aromatic N) is 6. The molecule has 3 aromatic rings. The van der Waals surface area contributed by atoms with E-state index >= 15 is 0 Å². The SMILES string of the molecule is CC[C@@H]1C(=O)N(C)c2cnc(CCc3cnn(Cc4ccc(F)cc4)c3)nc2N1C(C)C. The van der Waals surface area contributed by atoms with E-state index in [0.29, 0.717) is 13.0 Å². The Morgan fingerprint density at radius 1 is 1.09 bits per heavy atom.